The van der Waals surface area contributed by atoms with Gasteiger partial charge in [0, 0.05) is 15.7 Å². The average Bonchev–Trinajstić information content (AvgIpc) is 2.91. The molecule has 2 amide bonds. The van der Waals surface area contributed by atoms with E-state index in [0.29, 0.717) is 11.3 Å². The fourth-order valence-corrected chi connectivity index (χ4v) is 2.71. The third kappa shape index (κ3) is 3.80. The highest BCUT2D eigenvalue weighted by molar-refractivity contribution is 14.1. The first kappa shape index (κ1) is 17.8. The maximum atomic E-state index is 12.4. The molecule has 26 heavy (non-hydrogen) atoms. The Morgan fingerprint density at radius 3 is 2.54 bits per heavy atom. The standard InChI is InChI=1S/C18H12IN3O4/c19-13-7-9-14(10-8-13)21-18(24)16(17(23)20-21)6-2-4-12-3-1-5-15(11-12)22(25)26/h1-11H,(H,20,23)/b4-2-,16-6+. The van der Waals surface area contributed by atoms with Gasteiger partial charge in [-0.2, -0.15) is 0 Å². The molecule has 1 saturated heterocycles. The number of hydrazine groups is 1. The van der Waals surface area contributed by atoms with E-state index in [-0.39, 0.29) is 11.3 Å². The monoisotopic (exact) mass is 461 g/mol. The lowest BCUT2D eigenvalue weighted by Crippen LogP contribution is -2.35. The van der Waals surface area contributed by atoms with Gasteiger partial charge in [0.25, 0.3) is 17.5 Å². The second-order valence-electron chi connectivity index (χ2n) is 5.35. The smallest absolute Gasteiger partial charge is 0.267 e. The van der Waals surface area contributed by atoms with Crippen molar-refractivity contribution in [3.8, 4) is 0 Å². The molecule has 0 aromatic heterocycles. The molecule has 0 bridgehead atoms. The van der Waals surface area contributed by atoms with E-state index in [2.05, 4.69) is 28.0 Å². The van der Waals surface area contributed by atoms with Crippen LogP contribution in [0.15, 0.2) is 66.3 Å². The van der Waals surface area contributed by atoms with Crippen LogP contribution >= 0.6 is 22.6 Å². The minimum atomic E-state index is -0.503. The summed E-state index contributed by atoms with van der Waals surface area (Å²) in [5.74, 6) is -0.961. The first-order valence-electron chi connectivity index (χ1n) is 7.49. The summed E-state index contributed by atoms with van der Waals surface area (Å²) in [4.78, 5) is 34.8. The molecule has 0 unspecified atom stereocenters. The van der Waals surface area contributed by atoms with Gasteiger partial charge in [-0.3, -0.25) is 25.1 Å². The van der Waals surface area contributed by atoms with Crippen LogP contribution in [0.2, 0.25) is 0 Å². The lowest BCUT2D eigenvalue weighted by Gasteiger charge is -2.14. The molecule has 0 aliphatic carbocycles. The third-order valence-electron chi connectivity index (χ3n) is 3.61. The molecule has 0 atom stereocenters. The molecule has 0 saturated carbocycles. The van der Waals surface area contributed by atoms with Crippen LogP contribution in [0.25, 0.3) is 6.08 Å². The number of carbonyl (C=O) groups excluding carboxylic acids is 2. The lowest BCUT2D eigenvalue weighted by atomic mass is 10.1. The first-order chi connectivity index (χ1) is 12.5. The van der Waals surface area contributed by atoms with Gasteiger partial charge in [-0.1, -0.05) is 24.3 Å². The number of allylic oxidation sites excluding steroid dienone is 2. The zero-order valence-corrected chi connectivity index (χ0v) is 15.4. The van der Waals surface area contributed by atoms with Crippen LogP contribution in [-0.4, -0.2) is 16.7 Å². The zero-order valence-electron chi connectivity index (χ0n) is 13.3. The summed E-state index contributed by atoms with van der Waals surface area (Å²) in [5.41, 5.74) is 3.63. The number of rotatable bonds is 4. The minimum Gasteiger partial charge on any atom is -0.267 e. The first-order valence-corrected chi connectivity index (χ1v) is 8.57. The molecule has 1 aliphatic rings. The summed E-state index contributed by atoms with van der Waals surface area (Å²) in [6.45, 7) is 0. The van der Waals surface area contributed by atoms with E-state index < -0.39 is 16.7 Å². The number of hydrogen-bond donors (Lipinski definition) is 1. The number of nitro groups is 1. The lowest BCUT2D eigenvalue weighted by molar-refractivity contribution is -0.384. The number of hydrogen-bond acceptors (Lipinski definition) is 4. The molecule has 0 radical (unpaired) electrons. The summed E-state index contributed by atoms with van der Waals surface area (Å²) in [6.07, 6.45) is 4.50. The van der Waals surface area contributed by atoms with Gasteiger partial charge >= 0.3 is 0 Å². The van der Waals surface area contributed by atoms with Crippen molar-refractivity contribution in [3.63, 3.8) is 0 Å². The van der Waals surface area contributed by atoms with Crippen molar-refractivity contribution in [3.05, 3.63) is 85.5 Å². The Morgan fingerprint density at radius 1 is 1.12 bits per heavy atom. The van der Waals surface area contributed by atoms with Gasteiger partial charge in [0.05, 0.1) is 10.6 Å². The molecule has 8 heteroatoms. The van der Waals surface area contributed by atoms with Crippen molar-refractivity contribution in [1.82, 2.24) is 5.43 Å². The van der Waals surface area contributed by atoms with Crippen LogP contribution in [-0.2, 0) is 9.59 Å². The largest absolute Gasteiger partial charge is 0.282 e. The van der Waals surface area contributed by atoms with Crippen molar-refractivity contribution >= 4 is 51.9 Å². The Morgan fingerprint density at radius 2 is 1.85 bits per heavy atom. The molecule has 3 rings (SSSR count). The summed E-state index contributed by atoms with van der Waals surface area (Å²) >= 11 is 2.15. The van der Waals surface area contributed by atoms with Crippen molar-refractivity contribution < 1.29 is 14.5 Å². The van der Waals surface area contributed by atoms with Crippen molar-refractivity contribution in [2.45, 2.75) is 0 Å². The second kappa shape index (κ2) is 7.48. The second-order valence-corrected chi connectivity index (χ2v) is 6.60. The summed E-state index contributed by atoms with van der Waals surface area (Å²) in [6, 6.07) is 13.2. The van der Waals surface area contributed by atoms with E-state index >= 15 is 0 Å². The summed E-state index contributed by atoms with van der Waals surface area (Å²) in [7, 11) is 0. The van der Waals surface area contributed by atoms with E-state index in [9.17, 15) is 19.7 Å². The van der Waals surface area contributed by atoms with Gasteiger partial charge in [-0.05, 0) is 58.5 Å². The van der Waals surface area contributed by atoms with Gasteiger partial charge in [0.15, 0.2) is 0 Å². The molecule has 1 fully saturated rings. The van der Waals surface area contributed by atoms with Gasteiger partial charge in [-0.25, -0.2) is 5.01 Å². The Kier molecular flexibility index (Phi) is 5.12. The summed E-state index contributed by atoms with van der Waals surface area (Å²) < 4.78 is 1.01. The van der Waals surface area contributed by atoms with Crippen molar-refractivity contribution in [1.29, 1.82) is 0 Å². The zero-order chi connectivity index (χ0) is 18.7. The Hall–Kier alpha value is -3.01. The van der Waals surface area contributed by atoms with E-state index in [0.717, 1.165) is 3.57 Å². The highest BCUT2D eigenvalue weighted by Crippen LogP contribution is 2.21. The molecule has 0 spiro atoms. The highest BCUT2D eigenvalue weighted by Gasteiger charge is 2.33. The fourth-order valence-electron chi connectivity index (χ4n) is 2.35. The van der Waals surface area contributed by atoms with Crippen LogP contribution in [0.1, 0.15) is 5.56 Å². The van der Waals surface area contributed by atoms with Crippen LogP contribution in [0.3, 0.4) is 0 Å². The van der Waals surface area contributed by atoms with Crippen LogP contribution in [0, 0.1) is 13.7 Å². The highest BCUT2D eigenvalue weighted by atomic mass is 127. The van der Waals surface area contributed by atoms with Crippen molar-refractivity contribution in [2.75, 3.05) is 5.01 Å². The normalized spacial score (nSPS) is 15.7. The number of benzene rings is 2. The molecular weight excluding hydrogens is 449 g/mol. The molecule has 2 aromatic rings. The number of halogens is 1. The van der Waals surface area contributed by atoms with Crippen LogP contribution in [0.4, 0.5) is 11.4 Å². The Balaban J connectivity index is 1.79. The number of nitrogens with one attached hydrogen (secondary N) is 1. The minimum absolute atomic E-state index is 0.00905. The number of amides is 2. The molecule has 7 nitrogen and oxygen atoms in total. The summed E-state index contributed by atoms with van der Waals surface area (Å²) in [5, 5.41) is 12.0. The Bertz CT molecular complexity index is 951. The number of nitrogens with zero attached hydrogens (tertiary/aromatic N) is 2. The van der Waals surface area contributed by atoms with Crippen LogP contribution < -0.4 is 10.4 Å². The maximum absolute atomic E-state index is 12.4. The predicted octanol–water partition coefficient (Wildman–Crippen LogP) is 3.22. The molecule has 1 aliphatic heterocycles. The van der Waals surface area contributed by atoms with E-state index in [1.807, 2.05) is 12.1 Å². The van der Waals surface area contributed by atoms with Gasteiger partial charge in [0.2, 0.25) is 0 Å². The Labute approximate surface area is 162 Å². The van der Waals surface area contributed by atoms with Gasteiger partial charge < -0.3 is 0 Å². The SMILES string of the molecule is O=C1NN(c2ccc(I)cc2)C(=O)/C1=C/C=C\c1cccc([N+](=O)[O-])c1. The van der Waals surface area contributed by atoms with Gasteiger partial charge in [0.1, 0.15) is 5.57 Å². The molecule has 1 N–H and O–H groups in total. The van der Waals surface area contributed by atoms with Crippen molar-refractivity contribution in [2.24, 2.45) is 0 Å². The number of anilines is 1. The third-order valence-corrected chi connectivity index (χ3v) is 4.33. The maximum Gasteiger partial charge on any atom is 0.282 e. The number of non-ortho nitro benzene ring substituents is 1. The molecule has 130 valence electrons. The predicted molar refractivity (Wildman–Crippen MR) is 105 cm³/mol. The van der Waals surface area contributed by atoms with E-state index in [1.165, 1.54) is 29.3 Å². The van der Waals surface area contributed by atoms with Crippen LogP contribution in [0.5, 0.6) is 0 Å². The van der Waals surface area contributed by atoms with E-state index in [4.69, 9.17) is 0 Å². The van der Waals surface area contributed by atoms with Gasteiger partial charge in [-0.15, -0.1) is 0 Å². The number of nitro benzene ring substituents is 1. The number of carbonyl (C=O) groups is 2. The molecule has 2 aromatic carbocycles. The quantitative estimate of drug-likeness (QED) is 0.249. The van der Waals surface area contributed by atoms with E-state index in [1.54, 1.807) is 30.3 Å². The molecule has 1 heterocycles. The fraction of sp³-hybridized carbons (Fsp3) is 0. The average molecular weight is 461 g/mol. The topological polar surface area (TPSA) is 92.6 Å². The molecular formula is C18H12IN3O4.